The van der Waals surface area contributed by atoms with Gasteiger partial charge in [0.2, 0.25) is 5.91 Å². The molecule has 1 aromatic rings. The molecule has 0 radical (unpaired) electrons. The van der Waals surface area contributed by atoms with Crippen LogP contribution in [0.3, 0.4) is 0 Å². The van der Waals surface area contributed by atoms with E-state index in [9.17, 15) is 4.79 Å². The molecule has 1 unspecified atom stereocenters. The predicted molar refractivity (Wildman–Crippen MR) is 68.9 cm³/mol. The number of rotatable bonds is 4. The van der Waals surface area contributed by atoms with E-state index in [0.29, 0.717) is 0 Å². The fraction of sp³-hybridized carbons (Fsp3) is 0.500. The average Bonchev–Trinajstić information content (AvgIpc) is 2.85. The van der Waals surface area contributed by atoms with Crippen LogP contribution < -0.4 is 10.6 Å². The Morgan fingerprint density at radius 3 is 3.00 bits per heavy atom. The zero-order valence-electron chi connectivity index (χ0n) is 10.3. The van der Waals surface area contributed by atoms with Gasteiger partial charge in [0.05, 0.1) is 6.04 Å². The second-order valence-electron chi connectivity index (χ2n) is 4.62. The first kappa shape index (κ1) is 12.1. The van der Waals surface area contributed by atoms with Crippen LogP contribution in [-0.4, -0.2) is 25.0 Å². The minimum absolute atomic E-state index is 0.0341. The maximum atomic E-state index is 11.7. The molecule has 0 spiro atoms. The second kappa shape index (κ2) is 5.82. The van der Waals surface area contributed by atoms with Gasteiger partial charge >= 0.3 is 0 Å². The molecule has 1 fully saturated rings. The Bertz CT molecular complexity index is 384. The third-order valence-corrected chi connectivity index (χ3v) is 3.33. The molecule has 3 heteroatoms. The molecule has 1 aliphatic heterocycles. The van der Waals surface area contributed by atoms with Gasteiger partial charge in [-0.05, 0) is 43.9 Å². The van der Waals surface area contributed by atoms with Crippen molar-refractivity contribution in [3.05, 3.63) is 35.4 Å². The second-order valence-corrected chi connectivity index (χ2v) is 4.62. The van der Waals surface area contributed by atoms with Gasteiger partial charge in [-0.1, -0.05) is 24.3 Å². The Labute approximate surface area is 103 Å². The van der Waals surface area contributed by atoms with Crippen LogP contribution in [0.4, 0.5) is 0 Å². The van der Waals surface area contributed by atoms with Crippen LogP contribution in [0.25, 0.3) is 0 Å². The van der Waals surface area contributed by atoms with Crippen LogP contribution in [0.2, 0.25) is 0 Å². The lowest BCUT2D eigenvalue weighted by molar-refractivity contribution is -0.122. The van der Waals surface area contributed by atoms with E-state index in [1.54, 1.807) is 0 Å². The molecule has 1 saturated heterocycles. The molecule has 1 aromatic carbocycles. The SMILES string of the molecule is Cc1ccccc1CCNC(=O)C1CCCN1. The quantitative estimate of drug-likeness (QED) is 0.824. The summed E-state index contributed by atoms with van der Waals surface area (Å²) in [4.78, 5) is 11.7. The van der Waals surface area contributed by atoms with Crippen LogP contribution in [0.1, 0.15) is 24.0 Å². The first-order valence-corrected chi connectivity index (χ1v) is 6.33. The van der Waals surface area contributed by atoms with Crippen molar-refractivity contribution in [1.82, 2.24) is 10.6 Å². The number of aryl methyl sites for hydroxylation is 1. The normalized spacial score (nSPS) is 19.2. The Morgan fingerprint density at radius 2 is 2.29 bits per heavy atom. The van der Waals surface area contributed by atoms with Gasteiger partial charge in [0.25, 0.3) is 0 Å². The highest BCUT2D eigenvalue weighted by Crippen LogP contribution is 2.07. The molecular formula is C14H20N2O. The van der Waals surface area contributed by atoms with E-state index in [1.165, 1.54) is 11.1 Å². The van der Waals surface area contributed by atoms with Gasteiger partial charge in [-0.3, -0.25) is 4.79 Å². The Hall–Kier alpha value is -1.35. The van der Waals surface area contributed by atoms with E-state index in [2.05, 4.69) is 29.7 Å². The number of amides is 1. The number of hydrogen-bond donors (Lipinski definition) is 2. The lowest BCUT2D eigenvalue weighted by Crippen LogP contribution is -2.41. The van der Waals surface area contributed by atoms with Crippen LogP contribution in [-0.2, 0) is 11.2 Å². The summed E-state index contributed by atoms with van der Waals surface area (Å²) in [7, 11) is 0. The lowest BCUT2D eigenvalue weighted by Gasteiger charge is -2.11. The topological polar surface area (TPSA) is 41.1 Å². The van der Waals surface area contributed by atoms with E-state index in [4.69, 9.17) is 0 Å². The summed E-state index contributed by atoms with van der Waals surface area (Å²) >= 11 is 0. The van der Waals surface area contributed by atoms with Crippen LogP contribution in [0.15, 0.2) is 24.3 Å². The standard InChI is InChI=1S/C14H20N2O/c1-11-5-2-3-6-12(11)8-10-16-14(17)13-7-4-9-15-13/h2-3,5-6,13,15H,4,7-10H2,1H3,(H,16,17). The third kappa shape index (κ3) is 3.30. The summed E-state index contributed by atoms with van der Waals surface area (Å²) < 4.78 is 0. The molecule has 0 bridgehead atoms. The molecule has 1 aliphatic rings. The van der Waals surface area contributed by atoms with Crippen molar-refractivity contribution in [3.8, 4) is 0 Å². The Morgan fingerprint density at radius 1 is 1.47 bits per heavy atom. The minimum Gasteiger partial charge on any atom is -0.354 e. The van der Waals surface area contributed by atoms with Crippen LogP contribution in [0, 0.1) is 6.92 Å². The van der Waals surface area contributed by atoms with Crippen molar-refractivity contribution in [1.29, 1.82) is 0 Å². The Kier molecular flexibility index (Phi) is 4.15. The molecule has 0 saturated carbocycles. The minimum atomic E-state index is 0.0341. The molecule has 92 valence electrons. The molecule has 3 nitrogen and oxygen atoms in total. The molecule has 2 rings (SSSR count). The zero-order valence-corrected chi connectivity index (χ0v) is 10.3. The molecule has 0 aromatic heterocycles. The van der Waals surface area contributed by atoms with Crippen molar-refractivity contribution in [3.63, 3.8) is 0 Å². The number of hydrogen-bond acceptors (Lipinski definition) is 2. The van der Waals surface area contributed by atoms with E-state index in [0.717, 1.165) is 32.4 Å². The van der Waals surface area contributed by atoms with Gasteiger partial charge in [-0.25, -0.2) is 0 Å². The van der Waals surface area contributed by atoms with Gasteiger partial charge in [0, 0.05) is 6.54 Å². The number of nitrogens with one attached hydrogen (secondary N) is 2. The Balaban J connectivity index is 1.76. The average molecular weight is 232 g/mol. The first-order valence-electron chi connectivity index (χ1n) is 6.33. The molecule has 1 atom stereocenters. The molecular weight excluding hydrogens is 212 g/mol. The maximum Gasteiger partial charge on any atom is 0.237 e. The van der Waals surface area contributed by atoms with Crippen molar-refractivity contribution in [2.75, 3.05) is 13.1 Å². The predicted octanol–water partition coefficient (Wildman–Crippen LogP) is 1.41. The van der Waals surface area contributed by atoms with Crippen molar-refractivity contribution in [2.45, 2.75) is 32.2 Å². The zero-order chi connectivity index (χ0) is 12.1. The summed E-state index contributed by atoms with van der Waals surface area (Å²) in [6.45, 7) is 3.80. The van der Waals surface area contributed by atoms with E-state index < -0.39 is 0 Å². The molecule has 1 amide bonds. The van der Waals surface area contributed by atoms with Crippen LogP contribution in [0.5, 0.6) is 0 Å². The molecule has 17 heavy (non-hydrogen) atoms. The fourth-order valence-corrected chi connectivity index (χ4v) is 2.24. The summed E-state index contributed by atoms with van der Waals surface area (Å²) in [6.07, 6.45) is 2.98. The smallest absolute Gasteiger partial charge is 0.237 e. The van der Waals surface area contributed by atoms with E-state index in [1.807, 2.05) is 12.1 Å². The summed E-state index contributed by atoms with van der Waals surface area (Å²) in [5.74, 6) is 0.149. The first-order chi connectivity index (χ1) is 8.27. The number of carbonyl (C=O) groups is 1. The van der Waals surface area contributed by atoms with Crippen molar-refractivity contribution < 1.29 is 4.79 Å². The number of carbonyl (C=O) groups excluding carboxylic acids is 1. The van der Waals surface area contributed by atoms with Crippen LogP contribution >= 0.6 is 0 Å². The lowest BCUT2D eigenvalue weighted by atomic mass is 10.1. The molecule has 0 aliphatic carbocycles. The largest absolute Gasteiger partial charge is 0.354 e. The summed E-state index contributed by atoms with van der Waals surface area (Å²) in [5, 5.41) is 6.20. The molecule has 1 heterocycles. The monoisotopic (exact) mass is 232 g/mol. The van der Waals surface area contributed by atoms with E-state index >= 15 is 0 Å². The van der Waals surface area contributed by atoms with Gasteiger partial charge in [0.1, 0.15) is 0 Å². The van der Waals surface area contributed by atoms with Gasteiger partial charge in [0.15, 0.2) is 0 Å². The third-order valence-electron chi connectivity index (χ3n) is 3.33. The van der Waals surface area contributed by atoms with Crippen molar-refractivity contribution in [2.24, 2.45) is 0 Å². The number of benzene rings is 1. The highest BCUT2D eigenvalue weighted by atomic mass is 16.2. The van der Waals surface area contributed by atoms with Gasteiger partial charge in [-0.2, -0.15) is 0 Å². The summed E-state index contributed by atoms with van der Waals surface area (Å²) in [6, 6.07) is 8.35. The highest BCUT2D eigenvalue weighted by molar-refractivity contribution is 5.81. The van der Waals surface area contributed by atoms with Gasteiger partial charge in [-0.15, -0.1) is 0 Å². The highest BCUT2D eigenvalue weighted by Gasteiger charge is 2.21. The summed E-state index contributed by atoms with van der Waals surface area (Å²) in [5.41, 5.74) is 2.60. The van der Waals surface area contributed by atoms with Crippen molar-refractivity contribution >= 4 is 5.91 Å². The molecule has 2 N–H and O–H groups in total. The van der Waals surface area contributed by atoms with Gasteiger partial charge < -0.3 is 10.6 Å². The van der Waals surface area contributed by atoms with E-state index in [-0.39, 0.29) is 11.9 Å². The fourth-order valence-electron chi connectivity index (χ4n) is 2.24. The maximum absolute atomic E-state index is 11.7.